The summed E-state index contributed by atoms with van der Waals surface area (Å²) >= 11 is 3.42. The molecule has 5 nitrogen and oxygen atoms in total. The molecular formula is C16H16BrNO4. The van der Waals surface area contributed by atoms with Crippen LogP contribution in [-0.4, -0.2) is 21.8 Å². The second-order valence-electron chi connectivity index (χ2n) is 5.76. The van der Waals surface area contributed by atoms with Crippen LogP contribution in [0.4, 0.5) is 0 Å². The van der Waals surface area contributed by atoms with E-state index in [0.29, 0.717) is 11.5 Å². The number of nitrogens with one attached hydrogen (secondary N) is 1. The van der Waals surface area contributed by atoms with E-state index in [-0.39, 0.29) is 5.56 Å². The molecule has 116 valence electrons. The van der Waals surface area contributed by atoms with E-state index in [4.69, 9.17) is 9.47 Å². The highest BCUT2D eigenvalue weighted by molar-refractivity contribution is 9.10. The van der Waals surface area contributed by atoms with E-state index in [9.17, 15) is 9.90 Å². The van der Waals surface area contributed by atoms with Crippen molar-refractivity contribution in [3.63, 3.8) is 0 Å². The van der Waals surface area contributed by atoms with E-state index in [1.165, 1.54) is 12.3 Å². The Morgan fingerprint density at radius 3 is 2.82 bits per heavy atom. The number of aliphatic hydroxyl groups excluding tert-OH is 1. The maximum absolute atomic E-state index is 11.4. The van der Waals surface area contributed by atoms with Crippen molar-refractivity contribution >= 4 is 15.9 Å². The molecule has 0 radical (unpaired) electrons. The van der Waals surface area contributed by atoms with Gasteiger partial charge in [0.25, 0.3) is 5.56 Å². The zero-order chi connectivity index (χ0) is 15.9. The first kappa shape index (κ1) is 15.1. The van der Waals surface area contributed by atoms with Crippen LogP contribution in [0.1, 0.15) is 25.5 Å². The van der Waals surface area contributed by atoms with Crippen molar-refractivity contribution in [2.45, 2.75) is 31.7 Å². The lowest BCUT2D eigenvalue weighted by molar-refractivity contribution is -0.103. The summed E-state index contributed by atoms with van der Waals surface area (Å²) in [6.07, 6.45) is 0.00251. The van der Waals surface area contributed by atoms with E-state index in [0.717, 1.165) is 10.0 Å². The fraction of sp³-hybridized carbons (Fsp3) is 0.312. The van der Waals surface area contributed by atoms with Gasteiger partial charge >= 0.3 is 0 Å². The minimum atomic E-state index is -0.881. The van der Waals surface area contributed by atoms with Crippen LogP contribution < -0.4 is 15.0 Å². The first-order chi connectivity index (χ1) is 10.4. The molecule has 0 saturated carbocycles. The largest absolute Gasteiger partial charge is 0.485 e. The molecule has 0 spiro atoms. The van der Waals surface area contributed by atoms with Crippen molar-refractivity contribution in [3.05, 3.63) is 56.9 Å². The van der Waals surface area contributed by atoms with Gasteiger partial charge in [0.05, 0.1) is 0 Å². The Morgan fingerprint density at radius 2 is 2.09 bits per heavy atom. The number of halogens is 1. The van der Waals surface area contributed by atoms with Crippen molar-refractivity contribution in [3.8, 4) is 11.5 Å². The first-order valence-corrected chi connectivity index (χ1v) is 7.68. The van der Waals surface area contributed by atoms with Crippen LogP contribution in [0.2, 0.25) is 0 Å². The highest BCUT2D eigenvalue weighted by atomic mass is 79.9. The fourth-order valence-corrected chi connectivity index (χ4v) is 2.86. The van der Waals surface area contributed by atoms with Crippen LogP contribution in [0.25, 0.3) is 0 Å². The summed E-state index contributed by atoms with van der Waals surface area (Å²) in [4.78, 5) is 13.9. The molecule has 22 heavy (non-hydrogen) atoms. The number of aromatic nitrogens is 1. The van der Waals surface area contributed by atoms with Crippen molar-refractivity contribution in [1.29, 1.82) is 0 Å². The van der Waals surface area contributed by atoms with Gasteiger partial charge in [-0.05, 0) is 38.1 Å². The number of hydrogen-bond acceptors (Lipinski definition) is 4. The predicted molar refractivity (Wildman–Crippen MR) is 85.3 cm³/mol. The fourth-order valence-electron chi connectivity index (χ4n) is 2.49. The van der Waals surface area contributed by atoms with Gasteiger partial charge in [-0.15, -0.1) is 0 Å². The van der Waals surface area contributed by atoms with Gasteiger partial charge < -0.3 is 19.6 Å². The SMILES string of the molecule is CC1(C)Oc2ccc(Br)cc2C(Oc2cc[nH]c(=O)c2)C1O. The number of aromatic amines is 1. The number of pyridine rings is 1. The molecule has 3 rings (SSSR count). The van der Waals surface area contributed by atoms with Crippen LogP contribution in [0.15, 0.2) is 45.8 Å². The predicted octanol–water partition coefficient (Wildman–Crippen LogP) is 2.79. The summed E-state index contributed by atoms with van der Waals surface area (Å²) in [5, 5.41) is 10.6. The number of ether oxygens (including phenoxy) is 2. The molecule has 0 fully saturated rings. The molecule has 0 bridgehead atoms. The Bertz CT molecular complexity index is 756. The highest BCUT2D eigenvalue weighted by Crippen LogP contribution is 2.42. The Kier molecular flexibility index (Phi) is 3.74. The first-order valence-electron chi connectivity index (χ1n) is 6.89. The molecule has 1 aliphatic rings. The highest BCUT2D eigenvalue weighted by Gasteiger charge is 2.44. The van der Waals surface area contributed by atoms with E-state index >= 15 is 0 Å². The van der Waals surface area contributed by atoms with Crippen molar-refractivity contribution in [1.82, 2.24) is 4.98 Å². The molecule has 0 amide bonds. The molecule has 2 atom stereocenters. The Hall–Kier alpha value is -1.79. The molecule has 1 aromatic heterocycles. The van der Waals surface area contributed by atoms with Gasteiger partial charge in [-0.1, -0.05) is 15.9 Å². The molecule has 2 aromatic rings. The summed E-state index contributed by atoms with van der Waals surface area (Å²) in [6, 6.07) is 8.56. The number of H-pyrrole nitrogens is 1. The maximum Gasteiger partial charge on any atom is 0.251 e. The van der Waals surface area contributed by atoms with Gasteiger partial charge in [0.15, 0.2) is 6.10 Å². The van der Waals surface area contributed by atoms with Crippen LogP contribution in [0, 0.1) is 0 Å². The molecule has 6 heteroatoms. The quantitative estimate of drug-likeness (QED) is 0.858. The standard InChI is InChI=1S/C16H16BrNO4/c1-16(2)15(20)14(21-10-5-6-18-13(19)8-10)11-7-9(17)3-4-12(11)22-16/h3-8,14-15,20H,1-2H3,(H,18,19). The normalized spacial score (nSPS) is 22.5. The van der Waals surface area contributed by atoms with E-state index in [1.807, 2.05) is 18.2 Å². The van der Waals surface area contributed by atoms with Gasteiger partial charge in [0, 0.05) is 22.3 Å². The second-order valence-corrected chi connectivity index (χ2v) is 6.68. The average Bonchev–Trinajstić information content (AvgIpc) is 2.45. The summed E-state index contributed by atoms with van der Waals surface area (Å²) in [6.45, 7) is 3.60. The molecular weight excluding hydrogens is 350 g/mol. The van der Waals surface area contributed by atoms with Gasteiger partial charge in [-0.25, -0.2) is 0 Å². The second kappa shape index (κ2) is 5.44. The zero-order valence-electron chi connectivity index (χ0n) is 12.2. The summed E-state index contributed by atoms with van der Waals surface area (Å²) in [5.41, 5.74) is -0.318. The molecule has 0 saturated heterocycles. The third-order valence-electron chi connectivity index (χ3n) is 3.66. The monoisotopic (exact) mass is 365 g/mol. The average molecular weight is 366 g/mol. The Morgan fingerprint density at radius 1 is 1.32 bits per heavy atom. The lowest BCUT2D eigenvalue weighted by Crippen LogP contribution is -2.50. The summed E-state index contributed by atoms with van der Waals surface area (Å²) < 4.78 is 12.6. The van der Waals surface area contributed by atoms with Crippen LogP contribution in [-0.2, 0) is 0 Å². The number of hydrogen-bond donors (Lipinski definition) is 2. The topological polar surface area (TPSA) is 71.5 Å². The molecule has 1 aliphatic heterocycles. The van der Waals surface area contributed by atoms with Crippen molar-refractivity contribution in [2.24, 2.45) is 0 Å². The van der Waals surface area contributed by atoms with Crippen molar-refractivity contribution < 1.29 is 14.6 Å². The molecule has 2 unspecified atom stereocenters. The van der Waals surface area contributed by atoms with Crippen LogP contribution in [0.3, 0.4) is 0 Å². The van der Waals surface area contributed by atoms with E-state index in [2.05, 4.69) is 20.9 Å². The third kappa shape index (κ3) is 2.76. The van der Waals surface area contributed by atoms with Gasteiger partial charge in [0.1, 0.15) is 23.2 Å². The Balaban J connectivity index is 2.04. The zero-order valence-corrected chi connectivity index (χ0v) is 13.8. The summed E-state index contributed by atoms with van der Waals surface area (Å²) in [7, 11) is 0. The number of benzene rings is 1. The van der Waals surface area contributed by atoms with E-state index in [1.54, 1.807) is 19.9 Å². The molecule has 2 heterocycles. The minimum Gasteiger partial charge on any atom is -0.485 e. The number of aliphatic hydroxyl groups is 1. The van der Waals surface area contributed by atoms with Gasteiger partial charge in [-0.3, -0.25) is 4.79 Å². The lowest BCUT2D eigenvalue weighted by Gasteiger charge is -2.41. The minimum absolute atomic E-state index is 0.257. The Labute approximate surface area is 136 Å². The van der Waals surface area contributed by atoms with Crippen LogP contribution >= 0.6 is 15.9 Å². The summed E-state index contributed by atoms with van der Waals surface area (Å²) in [5.74, 6) is 1.06. The van der Waals surface area contributed by atoms with Crippen LogP contribution in [0.5, 0.6) is 11.5 Å². The maximum atomic E-state index is 11.4. The number of fused-ring (bicyclic) bond motifs is 1. The smallest absolute Gasteiger partial charge is 0.251 e. The third-order valence-corrected chi connectivity index (χ3v) is 4.15. The van der Waals surface area contributed by atoms with Crippen molar-refractivity contribution in [2.75, 3.05) is 0 Å². The molecule has 2 N–H and O–H groups in total. The van der Waals surface area contributed by atoms with Gasteiger partial charge in [0.2, 0.25) is 0 Å². The number of rotatable bonds is 2. The van der Waals surface area contributed by atoms with Gasteiger partial charge in [-0.2, -0.15) is 0 Å². The lowest BCUT2D eigenvalue weighted by atomic mass is 9.88. The molecule has 1 aromatic carbocycles. The molecule has 0 aliphatic carbocycles. The van der Waals surface area contributed by atoms with E-state index < -0.39 is 17.8 Å².